The van der Waals surface area contributed by atoms with Crippen LogP contribution in [0.4, 0.5) is 23.5 Å². The van der Waals surface area contributed by atoms with Crippen molar-refractivity contribution >= 4 is 27.8 Å². The van der Waals surface area contributed by atoms with Crippen molar-refractivity contribution in [3.05, 3.63) is 57.8 Å². The lowest BCUT2D eigenvalue weighted by molar-refractivity contribution is -0.142. The number of benzene rings is 1. The summed E-state index contributed by atoms with van der Waals surface area (Å²) in [6, 6.07) is 5.93. The highest BCUT2D eigenvalue weighted by atomic mass is 79.9. The lowest BCUT2D eigenvalue weighted by Gasteiger charge is -2.04. The van der Waals surface area contributed by atoms with Gasteiger partial charge in [0.15, 0.2) is 5.69 Å². The van der Waals surface area contributed by atoms with Crippen LogP contribution in [0.2, 0.25) is 0 Å². The SMILES string of the molecule is Cc1c(Br)c(C(F)(F)F)nn1CC(=O)Nc1ncn(Cc2cccc(F)c2)n1. The molecule has 0 radical (unpaired) electrons. The zero-order valence-corrected chi connectivity index (χ0v) is 15.9. The summed E-state index contributed by atoms with van der Waals surface area (Å²) in [6.45, 7) is 1.20. The van der Waals surface area contributed by atoms with E-state index in [4.69, 9.17) is 0 Å². The first-order chi connectivity index (χ1) is 13.1. The van der Waals surface area contributed by atoms with Crippen LogP contribution in [0.5, 0.6) is 0 Å². The predicted molar refractivity (Wildman–Crippen MR) is 93.8 cm³/mol. The minimum Gasteiger partial charge on any atom is -0.292 e. The van der Waals surface area contributed by atoms with E-state index < -0.39 is 24.3 Å². The van der Waals surface area contributed by atoms with Crippen LogP contribution in [0.1, 0.15) is 17.0 Å². The Morgan fingerprint density at radius 3 is 2.68 bits per heavy atom. The highest BCUT2D eigenvalue weighted by Gasteiger charge is 2.38. The van der Waals surface area contributed by atoms with E-state index in [2.05, 4.69) is 36.4 Å². The van der Waals surface area contributed by atoms with Crippen molar-refractivity contribution in [1.29, 1.82) is 0 Å². The molecular weight excluding hydrogens is 448 g/mol. The van der Waals surface area contributed by atoms with Gasteiger partial charge in [-0.15, -0.1) is 5.10 Å². The molecule has 0 fully saturated rings. The standard InChI is InChI=1S/C16H13BrF4N6O/c1-9-13(17)14(16(19,20)21)24-27(9)7-12(28)23-15-22-8-26(25-15)6-10-3-2-4-11(18)5-10/h2-5,8H,6-7H2,1H3,(H,23,25,28). The second-order valence-corrected chi connectivity index (χ2v) is 6.64. The van der Waals surface area contributed by atoms with Gasteiger partial charge in [0, 0.05) is 0 Å². The number of carbonyl (C=O) groups excluding carboxylic acids is 1. The molecule has 2 aromatic heterocycles. The van der Waals surface area contributed by atoms with Crippen molar-refractivity contribution in [3.63, 3.8) is 0 Å². The van der Waals surface area contributed by atoms with Gasteiger partial charge in [0.2, 0.25) is 11.9 Å². The Labute approximate surface area is 164 Å². The monoisotopic (exact) mass is 460 g/mol. The smallest absolute Gasteiger partial charge is 0.292 e. The van der Waals surface area contributed by atoms with Crippen LogP contribution in [0.25, 0.3) is 0 Å². The Bertz CT molecular complexity index is 1010. The number of aromatic nitrogens is 5. The third kappa shape index (κ3) is 4.55. The summed E-state index contributed by atoms with van der Waals surface area (Å²) in [6.07, 6.45) is -3.29. The number of rotatable bonds is 5. The summed E-state index contributed by atoms with van der Waals surface area (Å²) in [5.41, 5.74) is -0.290. The van der Waals surface area contributed by atoms with Gasteiger partial charge in [0.1, 0.15) is 18.7 Å². The Morgan fingerprint density at radius 1 is 1.29 bits per heavy atom. The summed E-state index contributed by atoms with van der Waals surface area (Å²) < 4.78 is 54.0. The molecule has 7 nitrogen and oxygen atoms in total. The molecule has 0 saturated heterocycles. The summed E-state index contributed by atoms with van der Waals surface area (Å²) in [5.74, 6) is -1.05. The first-order valence-electron chi connectivity index (χ1n) is 7.87. The van der Waals surface area contributed by atoms with Crippen molar-refractivity contribution in [1.82, 2.24) is 24.5 Å². The molecule has 28 heavy (non-hydrogen) atoms. The van der Waals surface area contributed by atoms with Gasteiger partial charge < -0.3 is 0 Å². The van der Waals surface area contributed by atoms with Crippen LogP contribution in [0.15, 0.2) is 35.1 Å². The number of halogens is 5. The average Bonchev–Trinajstić information content (AvgIpc) is 3.13. The van der Waals surface area contributed by atoms with Gasteiger partial charge in [0.05, 0.1) is 16.7 Å². The summed E-state index contributed by atoms with van der Waals surface area (Å²) >= 11 is 2.84. The van der Waals surface area contributed by atoms with Crippen molar-refractivity contribution in [2.24, 2.45) is 0 Å². The molecule has 3 aromatic rings. The normalized spacial score (nSPS) is 11.6. The van der Waals surface area contributed by atoms with Gasteiger partial charge in [-0.25, -0.2) is 14.1 Å². The number of nitrogens with zero attached hydrogens (tertiary/aromatic N) is 5. The van der Waals surface area contributed by atoms with E-state index in [0.717, 1.165) is 4.68 Å². The number of hydrogen-bond donors (Lipinski definition) is 1. The fourth-order valence-electron chi connectivity index (χ4n) is 2.41. The molecule has 0 atom stereocenters. The molecule has 1 N–H and O–H groups in total. The Kier molecular flexibility index (Phi) is 5.49. The molecule has 0 unspecified atom stereocenters. The third-order valence-corrected chi connectivity index (χ3v) is 4.67. The summed E-state index contributed by atoms with van der Waals surface area (Å²) in [5, 5.41) is 9.86. The van der Waals surface area contributed by atoms with E-state index in [1.165, 1.54) is 30.1 Å². The van der Waals surface area contributed by atoms with Crippen molar-refractivity contribution in [2.45, 2.75) is 26.2 Å². The minimum absolute atomic E-state index is 0.0266. The van der Waals surface area contributed by atoms with Crippen LogP contribution in [0, 0.1) is 12.7 Å². The van der Waals surface area contributed by atoms with Crippen LogP contribution < -0.4 is 5.32 Å². The van der Waals surface area contributed by atoms with E-state index in [1.807, 2.05) is 0 Å². The summed E-state index contributed by atoms with van der Waals surface area (Å²) in [7, 11) is 0. The molecule has 2 heterocycles. The highest BCUT2D eigenvalue weighted by molar-refractivity contribution is 9.10. The Morgan fingerprint density at radius 2 is 2.04 bits per heavy atom. The van der Waals surface area contributed by atoms with Gasteiger partial charge in [-0.05, 0) is 40.5 Å². The molecule has 1 aromatic carbocycles. The molecule has 0 saturated carbocycles. The molecule has 0 bridgehead atoms. The molecular formula is C16H13BrF4N6O. The van der Waals surface area contributed by atoms with E-state index in [9.17, 15) is 22.4 Å². The number of anilines is 1. The maximum Gasteiger partial charge on any atom is 0.436 e. The summed E-state index contributed by atoms with van der Waals surface area (Å²) in [4.78, 5) is 16.0. The van der Waals surface area contributed by atoms with Crippen molar-refractivity contribution in [2.75, 3.05) is 5.32 Å². The van der Waals surface area contributed by atoms with Crippen LogP contribution >= 0.6 is 15.9 Å². The molecule has 0 aliphatic rings. The quantitative estimate of drug-likeness (QED) is 0.592. The molecule has 0 aliphatic carbocycles. The molecule has 0 aliphatic heterocycles. The molecule has 0 spiro atoms. The zero-order valence-electron chi connectivity index (χ0n) is 14.3. The second-order valence-electron chi connectivity index (χ2n) is 5.85. The van der Waals surface area contributed by atoms with E-state index >= 15 is 0 Å². The van der Waals surface area contributed by atoms with Crippen LogP contribution in [-0.2, 0) is 24.1 Å². The zero-order chi connectivity index (χ0) is 20.5. The van der Waals surface area contributed by atoms with Gasteiger partial charge >= 0.3 is 6.18 Å². The van der Waals surface area contributed by atoms with E-state index in [-0.39, 0.29) is 28.5 Å². The van der Waals surface area contributed by atoms with Crippen LogP contribution in [0.3, 0.4) is 0 Å². The number of alkyl halides is 3. The van der Waals surface area contributed by atoms with Gasteiger partial charge in [-0.3, -0.25) is 14.8 Å². The fourth-order valence-corrected chi connectivity index (χ4v) is 2.92. The van der Waals surface area contributed by atoms with Gasteiger partial charge in [0.25, 0.3) is 0 Å². The van der Waals surface area contributed by atoms with Crippen LogP contribution in [-0.4, -0.2) is 30.5 Å². The minimum atomic E-state index is -4.64. The lowest BCUT2D eigenvalue weighted by Crippen LogP contribution is -2.21. The number of amides is 1. The average molecular weight is 461 g/mol. The van der Waals surface area contributed by atoms with Crippen molar-refractivity contribution in [3.8, 4) is 0 Å². The number of carbonyl (C=O) groups is 1. The third-order valence-electron chi connectivity index (χ3n) is 3.72. The van der Waals surface area contributed by atoms with Gasteiger partial charge in [-0.2, -0.15) is 18.3 Å². The maximum absolute atomic E-state index is 13.2. The first-order valence-corrected chi connectivity index (χ1v) is 8.66. The fraction of sp³-hybridized carbons (Fsp3) is 0.250. The second kappa shape index (κ2) is 7.70. The van der Waals surface area contributed by atoms with Crippen molar-refractivity contribution < 1.29 is 22.4 Å². The van der Waals surface area contributed by atoms with E-state index in [1.54, 1.807) is 12.1 Å². The topological polar surface area (TPSA) is 77.6 Å². The maximum atomic E-state index is 13.2. The first kappa shape index (κ1) is 20.0. The predicted octanol–water partition coefficient (Wildman–Crippen LogP) is 3.39. The highest BCUT2D eigenvalue weighted by Crippen LogP contribution is 2.35. The number of nitrogens with one attached hydrogen (secondary N) is 1. The van der Waals surface area contributed by atoms with Gasteiger partial charge in [-0.1, -0.05) is 12.1 Å². The lowest BCUT2D eigenvalue weighted by atomic mass is 10.2. The Balaban J connectivity index is 1.65. The largest absolute Gasteiger partial charge is 0.436 e. The molecule has 12 heteroatoms. The Hall–Kier alpha value is -2.76. The molecule has 148 valence electrons. The number of hydrogen-bond acceptors (Lipinski definition) is 4. The molecule has 1 amide bonds. The molecule has 3 rings (SSSR count). The van der Waals surface area contributed by atoms with E-state index in [0.29, 0.717) is 5.56 Å².